The molecule has 7 nitrogen and oxygen atoms in total. The number of piperidine rings is 1. The highest BCUT2D eigenvalue weighted by molar-refractivity contribution is 7.89. The van der Waals surface area contributed by atoms with Gasteiger partial charge in [0, 0.05) is 37.3 Å². The fourth-order valence-electron chi connectivity index (χ4n) is 4.72. The fraction of sp³-hybridized carbons (Fsp3) is 0.417. The lowest BCUT2D eigenvalue weighted by Gasteiger charge is -2.26. The molecule has 1 amide bonds. The number of carbonyl (C=O) groups excluding carboxylic acids is 1. The van der Waals surface area contributed by atoms with Gasteiger partial charge in [0.25, 0.3) is 5.91 Å². The molecule has 0 aliphatic carbocycles. The Labute approximate surface area is 192 Å². The molecule has 0 unspecified atom stereocenters. The van der Waals surface area contributed by atoms with Crippen molar-refractivity contribution >= 4 is 32.7 Å². The van der Waals surface area contributed by atoms with Gasteiger partial charge in [0.15, 0.2) is 0 Å². The van der Waals surface area contributed by atoms with Crippen molar-refractivity contribution in [3.8, 4) is 0 Å². The average Bonchev–Trinajstić information content (AvgIpc) is 2.99. The molecule has 0 bridgehead atoms. The molecule has 33 heavy (non-hydrogen) atoms. The van der Waals surface area contributed by atoms with Gasteiger partial charge in [0.05, 0.1) is 11.0 Å². The molecule has 2 aliphatic heterocycles. The largest absolute Gasteiger partial charge is 0.328 e. The maximum atomic E-state index is 14.5. The number of benzene rings is 2. The van der Waals surface area contributed by atoms with Crippen molar-refractivity contribution in [3.63, 3.8) is 0 Å². The standard InChI is InChI=1S/C24H27FN4O3S/c25-19-10-8-17(15-22(19)33(31,32)28-12-4-2-5-13-28)24(30)26-18-9-11-21-20(16-18)27-23-7-3-1-6-14-29(21)23/h8-11,15-16H,1-7,12-14H2,(H,26,30). The van der Waals surface area contributed by atoms with E-state index in [1.165, 1.54) is 16.8 Å². The van der Waals surface area contributed by atoms with E-state index in [1.54, 1.807) is 0 Å². The molecule has 0 radical (unpaired) electrons. The number of amides is 1. The summed E-state index contributed by atoms with van der Waals surface area (Å²) < 4.78 is 43.9. The smallest absolute Gasteiger partial charge is 0.255 e. The van der Waals surface area contributed by atoms with Crippen molar-refractivity contribution in [1.82, 2.24) is 13.9 Å². The molecule has 0 atom stereocenters. The molecular formula is C24H27FN4O3S. The number of hydrogen-bond acceptors (Lipinski definition) is 4. The summed E-state index contributed by atoms with van der Waals surface area (Å²) in [6.45, 7) is 1.68. The predicted octanol–water partition coefficient (Wildman–Crippen LogP) is 4.33. The molecule has 0 saturated carbocycles. The van der Waals surface area contributed by atoms with Crippen LogP contribution in [0.1, 0.15) is 54.7 Å². The number of nitrogens with one attached hydrogen (secondary N) is 1. The van der Waals surface area contributed by atoms with Crippen molar-refractivity contribution in [2.75, 3.05) is 18.4 Å². The molecule has 1 saturated heterocycles. The minimum Gasteiger partial charge on any atom is -0.328 e. The number of carbonyl (C=O) groups is 1. The summed E-state index contributed by atoms with van der Waals surface area (Å²) in [5.41, 5.74) is 2.51. The van der Waals surface area contributed by atoms with Gasteiger partial charge in [-0.25, -0.2) is 17.8 Å². The number of imidazole rings is 1. The second-order valence-corrected chi connectivity index (χ2v) is 10.7. The van der Waals surface area contributed by atoms with Gasteiger partial charge in [0.1, 0.15) is 16.5 Å². The van der Waals surface area contributed by atoms with Crippen molar-refractivity contribution in [2.24, 2.45) is 0 Å². The zero-order chi connectivity index (χ0) is 23.0. The van der Waals surface area contributed by atoms with Crippen LogP contribution < -0.4 is 5.32 Å². The maximum absolute atomic E-state index is 14.5. The van der Waals surface area contributed by atoms with E-state index in [4.69, 9.17) is 4.98 Å². The molecule has 1 N–H and O–H groups in total. The summed E-state index contributed by atoms with van der Waals surface area (Å²) in [6, 6.07) is 9.06. The number of hydrogen-bond donors (Lipinski definition) is 1. The Balaban J connectivity index is 1.40. The summed E-state index contributed by atoms with van der Waals surface area (Å²) >= 11 is 0. The van der Waals surface area contributed by atoms with Crippen LogP contribution in [0.3, 0.4) is 0 Å². The summed E-state index contributed by atoms with van der Waals surface area (Å²) in [5, 5.41) is 2.80. The minimum atomic E-state index is -3.99. The molecule has 1 fully saturated rings. The minimum absolute atomic E-state index is 0.0905. The van der Waals surface area contributed by atoms with E-state index in [-0.39, 0.29) is 5.56 Å². The highest BCUT2D eigenvalue weighted by Crippen LogP contribution is 2.26. The topological polar surface area (TPSA) is 84.3 Å². The lowest BCUT2D eigenvalue weighted by Crippen LogP contribution is -2.36. The van der Waals surface area contributed by atoms with Crippen molar-refractivity contribution in [2.45, 2.75) is 56.4 Å². The van der Waals surface area contributed by atoms with Crippen LogP contribution in [0.25, 0.3) is 11.0 Å². The zero-order valence-electron chi connectivity index (χ0n) is 18.4. The molecule has 174 valence electrons. The first-order chi connectivity index (χ1) is 15.9. The second kappa shape index (κ2) is 8.87. The van der Waals surface area contributed by atoms with E-state index >= 15 is 0 Å². The monoisotopic (exact) mass is 470 g/mol. The summed E-state index contributed by atoms with van der Waals surface area (Å²) in [6.07, 6.45) is 6.86. The van der Waals surface area contributed by atoms with Crippen molar-refractivity contribution < 1.29 is 17.6 Å². The number of sulfonamides is 1. The Morgan fingerprint density at radius 3 is 2.52 bits per heavy atom. The normalized spacial score (nSPS) is 17.5. The molecule has 2 aliphatic rings. The van der Waals surface area contributed by atoms with Crippen molar-refractivity contribution in [3.05, 3.63) is 53.6 Å². The third-order valence-corrected chi connectivity index (χ3v) is 8.41. The van der Waals surface area contributed by atoms with Gasteiger partial charge in [-0.3, -0.25) is 4.79 Å². The van der Waals surface area contributed by atoms with E-state index in [0.29, 0.717) is 18.8 Å². The first-order valence-electron chi connectivity index (χ1n) is 11.5. The van der Waals surface area contributed by atoms with Crippen LogP contribution in [0.15, 0.2) is 41.3 Å². The van der Waals surface area contributed by atoms with Gasteiger partial charge in [-0.15, -0.1) is 0 Å². The van der Waals surface area contributed by atoms with E-state index < -0.39 is 26.6 Å². The SMILES string of the molecule is O=C(Nc1ccc2c(c1)nc1n2CCCCC1)c1ccc(F)c(S(=O)(=O)N2CCCCC2)c1. The highest BCUT2D eigenvalue weighted by atomic mass is 32.2. The summed E-state index contributed by atoms with van der Waals surface area (Å²) in [7, 11) is -3.99. The third-order valence-electron chi connectivity index (χ3n) is 6.49. The Bertz CT molecular complexity index is 1310. The number of fused-ring (bicyclic) bond motifs is 3. The molecule has 3 aromatic rings. The number of nitrogens with zero attached hydrogens (tertiary/aromatic N) is 3. The summed E-state index contributed by atoms with van der Waals surface area (Å²) in [5.74, 6) is -0.277. The molecule has 9 heteroatoms. The first-order valence-corrected chi connectivity index (χ1v) is 13.0. The molecule has 5 rings (SSSR count). The van der Waals surface area contributed by atoms with Crippen LogP contribution in [0.2, 0.25) is 0 Å². The van der Waals surface area contributed by atoms with Gasteiger partial charge in [-0.05, 0) is 62.1 Å². The van der Waals surface area contributed by atoms with Crippen LogP contribution in [0.5, 0.6) is 0 Å². The first kappa shape index (κ1) is 22.0. The van der Waals surface area contributed by atoms with E-state index in [2.05, 4.69) is 9.88 Å². The van der Waals surface area contributed by atoms with E-state index in [9.17, 15) is 17.6 Å². The van der Waals surface area contributed by atoms with Gasteiger partial charge >= 0.3 is 0 Å². The quantitative estimate of drug-likeness (QED) is 0.615. The fourth-order valence-corrected chi connectivity index (χ4v) is 6.32. The Morgan fingerprint density at radius 2 is 1.70 bits per heavy atom. The lowest BCUT2D eigenvalue weighted by molar-refractivity contribution is 0.102. The van der Waals surface area contributed by atoms with Crippen molar-refractivity contribution in [1.29, 1.82) is 0 Å². The lowest BCUT2D eigenvalue weighted by atomic mass is 10.2. The number of halogens is 1. The van der Waals surface area contributed by atoms with Crippen LogP contribution in [0.4, 0.5) is 10.1 Å². The number of aromatic nitrogens is 2. The van der Waals surface area contributed by atoms with Crippen LogP contribution in [-0.4, -0.2) is 41.3 Å². The van der Waals surface area contributed by atoms with Gasteiger partial charge in [-0.1, -0.05) is 12.8 Å². The highest BCUT2D eigenvalue weighted by Gasteiger charge is 2.29. The van der Waals surface area contributed by atoms with Crippen LogP contribution in [0, 0.1) is 5.82 Å². The van der Waals surface area contributed by atoms with Crippen LogP contribution >= 0.6 is 0 Å². The average molecular weight is 471 g/mol. The Kier molecular flexibility index (Phi) is 5.92. The number of anilines is 1. The molecule has 1 aromatic heterocycles. The second-order valence-electron chi connectivity index (χ2n) is 8.76. The molecule has 3 heterocycles. The molecule has 2 aromatic carbocycles. The van der Waals surface area contributed by atoms with E-state index in [0.717, 1.165) is 74.1 Å². The Hall–Kier alpha value is -2.78. The van der Waals surface area contributed by atoms with Gasteiger partial charge in [0.2, 0.25) is 10.0 Å². The van der Waals surface area contributed by atoms with Gasteiger partial charge in [-0.2, -0.15) is 4.31 Å². The van der Waals surface area contributed by atoms with Crippen LogP contribution in [-0.2, 0) is 23.0 Å². The maximum Gasteiger partial charge on any atom is 0.255 e. The number of aryl methyl sites for hydroxylation is 2. The third kappa shape index (κ3) is 4.27. The zero-order valence-corrected chi connectivity index (χ0v) is 19.2. The predicted molar refractivity (Wildman–Crippen MR) is 124 cm³/mol. The van der Waals surface area contributed by atoms with E-state index in [1.807, 2.05) is 18.2 Å². The molecular weight excluding hydrogens is 443 g/mol. The Morgan fingerprint density at radius 1 is 0.939 bits per heavy atom. The summed E-state index contributed by atoms with van der Waals surface area (Å²) in [4.78, 5) is 17.2. The number of rotatable bonds is 4. The van der Waals surface area contributed by atoms with Gasteiger partial charge < -0.3 is 9.88 Å². The molecule has 0 spiro atoms.